The Morgan fingerprint density at radius 1 is 1.78 bits per heavy atom. The summed E-state index contributed by atoms with van der Waals surface area (Å²) in [7, 11) is 1.39. The van der Waals surface area contributed by atoms with E-state index >= 15 is 0 Å². The molecule has 0 bridgehead atoms. The van der Waals surface area contributed by atoms with Gasteiger partial charge in [0.25, 0.3) is 0 Å². The van der Waals surface area contributed by atoms with Gasteiger partial charge < -0.3 is 9.84 Å². The van der Waals surface area contributed by atoms with Gasteiger partial charge in [-0.15, -0.1) is 0 Å². The fourth-order valence-electron chi connectivity index (χ4n) is 0.442. The van der Waals surface area contributed by atoms with Crippen molar-refractivity contribution >= 4 is 5.97 Å². The molecule has 0 aliphatic heterocycles. The third kappa shape index (κ3) is 3.97. The van der Waals surface area contributed by atoms with E-state index in [1.165, 1.54) is 7.11 Å². The molecule has 0 heterocycles. The molecule has 9 heavy (non-hydrogen) atoms. The molecule has 0 aromatic heterocycles. The van der Waals surface area contributed by atoms with Crippen molar-refractivity contribution in [2.24, 2.45) is 0 Å². The first-order chi connectivity index (χ1) is 3.72. The number of carboxylic acid groups (broad SMARTS) is 1. The van der Waals surface area contributed by atoms with Gasteiger partial charge in [-0.05, 0) is 6.42 Å². The van der Waals surface area contributed by atoms with Crippen molar-refractivity contribution in [3.05, 3.63) is 0 Å². The predicted octanol–water partition coefficient (Wildman–Crippen LogP) is 1.13. The van der Waals surface area contributed by atoms with E-state index in [1.807, 2.05) is 0 Å². The van der Waals surface area contributed by atoms with Crippen LogP contribution in [0.4, 0.5) is 0 Å². The fraction of sp³-hybridized carbons (Fsp3) is 0.833. The first-order valence-corrected chi connectivity index (χ1v) is 2.48. The molecule has 0 saturated heterocycles. The molecule has 0 saturated carbocycles. The molecule has 0 amide bonds. The largest absolute Gasteiger partial charge is 0.479 e. The van der Waals surface area contributed by atoms with Crippen LogP contribution in [0.1, 0.15) is 20.8 Å². The van der Waals surface area contributed by atoms with E-state index in [2.05, 4.69) is 4.74 Å². The highest BCUT2D eigenvalue weighted by Crippen LogP contribution is 1.93. The average molecular weight is 134 g/mol. The lowest BCUT2D eigenvalue weighted by atomic mass is 10.3. The number of carboxylic acids is 1. The summed E-state index contributed by atoms with van der Waals surface area (Å²) in [5.74, 6) is -0.894. The van der Waals surface area contributed by atoms with Gasteiger partial charge in [0.2, 0.25) is 0 Å². The van der Waals surface area contributed by atoms with Gasteiger partial charge in [0.15, 0.2) is 6.10 Å². The molecular weight excluding hydrogens is 120 g/mol. The normalized spacial score (nSPS) is 11.8. The van der Waals surface area contributed by atoms with Crippen molar-refractivity contribution in [1.82, 2.24) is 0 Å². The molecule has 3 heteroatoms. The van der Waals surface area contributed by atoms with Gasteiger partial charge in [0.05, 0.1) is 0 Å². The molecule has 56 valence electrons. The van der Waals surface area contributed by atoms with Crippen LogP contribution in [0.15, 0.2) is 0 Å². The fourth-order valence-corrected chi connectivity index (χ4v) is 0.442. The molecule has 1 atom stereocenters. The number of hydrogen-bond donors (Lipinski definition) is 1. The summed E-state index contributed by atoms with van der Waals surface area (Å²) in [6.45, 7) is 1.77. The summed E-state index contributed by atoms with van der Waals surface area (Å²) in [5, 5.41) is 8.25. The Morgan fingerprint density at radius 3 is 2.22 bits per heavy atom. The summed E-state index contributed by atoms with van der Waals surface area (Å²) in [4.78, 5) is 10.0. The number of carbonyl (C=O) groups is 1. The Balaban J connectivity index is 0. The minimum Gasteiger partial charge on any atom is -0.479 e. The van der Waals surface area contributed by atoms with E-state index in [-0.39, 0.29) is 7.43 Å². The molecule has 0 aliphatic carbocycles. The van der Waals surface area contributed by atoms with Crippen LogP contribution in [-0.4, -0.2) is 24.3 Å². The Hall–Kier alpha value is -0.570. The highest BCUT2D eigenvalue weighted by molar-refractivity contribution is 5.72. The predicted molar refractivity (Wildman–Crippen MR) is 35.5 cm³/mol. The Morgan fingerprint density at radius 2 is 2.22 bits per heavy atom. The van der Waals surface area contributed by atoms with Crippen molar-refractivity contribution in [1.29, 1.82) is 0 Å². The Labute approximate surface area is 55.6 Å². The van der Waals surface area contributed by atoms with Crippen LogP contribution in [-0.2, 0) is 9.53 Å². The molecule has 1 unspecified atom stereocenters. The second-order valence-corrected chi connectivity index (χ2v) is 1.47. The summed E-state index contributed by atoms with van der Waals surface area (Å²) in [5.41, 5.74) is 0. The first-order valence-electron chi connectivity index (χ1n) is 2.48. The quantitative estimate of drug-likeness (QED) is 0.629. The minimum atomic E-state index is -0.894. The van der Waals surface area contributed by atoms with Crippen LogP contribution >= 0.6 is 0 Å². The van der Waals surface area contributed by atoms with Gasteiger partial charge in [0.1, 0.15) is 0 Å². The van der Waals surface area contributed by atoms with E-state index in [1.54, 1.807) is 6.92 Å². The van der Waals surface area contributed by atoms with Crippen molar-refractivity contribution in [2.75, 3.05) is 7.11 Å². The maximum Gasteiger partial charge on any atom is 0.332 e. The minimum absolute atomic E-state index is 0. The van der Waals surface area contributed by atoms with Crippen LogP contribution < -0.4 is 0 Å². The zero-order valence-corrected chi connectivity index (χ0v) is 5.05. The maximum atomic E-state index is 10.0. The lowest BCUT2D eigenvalue weighted by molar-refractivity contribution is -0.148. The third-order valence-electron chi connectivity index (χ3n) is 0.931. The Kier molecular flexibility index (Phi) is 6.96. The molecule has 3 nitrogen and oxygen atoms in total. The zero-order chi connectivity index (χ0) is 6.57. The zero-order valence-electron chi connectivity index (χ0n) is 5.05. The third-order valence-corrected chi connectivity index (χ3v) is 0.931. The van der Waals surface area contributed by atoms with Crippen molar-refractivity contribution in [2.45, 2.75) is 26.9 Å². The van der Waals surface area contributed by atoms with Gasteiger partial charge in [-0.1, -0.05) is 14.4 Å². The summed E-state index contributed by atoms with van der Waals surface area (Å²) in [6.07, 6.45) is -0.110. The molecule has 0 radical (unpaired) electrons. The molecular formula is C6H14O3. The topological polar surface area (TPSA) is 46.5 Å². The monoisotopic (exact) mass is 134 g/mol. The summed E-state index contributed by atoms with van der Waals surface area (Å²) < 4.78 is 4.56. The van der Waals surface area contributed by atoms with Crippen LogP contribution in [0.3, 0.4) is 0 Å². The molecule has 0 fully saturated rings. The van der Waals surface area contributed by atoms with Crippen LogP contribution in [0.5, 0.6) is 0 Å². The van der Waals surface area contributed by atoms with Crippen LogP contribution in [0, 0.1) is 0 Å². The molecule has 0 rings (SSSR count). The molecule has 1 N–H and O–H groups in total. The molecule has 0 aromatic rings. The van der Waals surface area contributed by atoms with Crippen LogP contribution in [0.2, 0.25) is 0 Å². The second kappa shape index (κ2) is 5.56. The van der Waals surface area contributed by atoms with Gasteiger partial charge in [-0.3, -0.25) is 0 Å². The SMILES string of the molecule is C.CCC(OC)C(=O)O. The van der Waals surface area contributed by atoms with Gasteiger partial charge in [-0.2, -0.15) is 0 Å². The molecule has 0 aliphatic rings. The van der Waals surface area contributed by atoms with E-state index in [4.69, 9.17) is 5.11 Å². The number of hydrogen-bond acceptors (Lipinski definition) is 2. The van der Waals surface area contributed by atoms with Crippen molar-refractivity contribution in [3.63, 3.8) is 0 Å². The lowest BCUT2D eigenvalue weighted by Gasteiger charge is -2.04. The van der Waals surface area contributed by atoms with Crippen molar-refractivity contribution in [3.8, 4) is 0 Å². The number of rotatable bonds is 3. The standard InChI is InChI=1S/C5H10O3.CH4/c1-3-4(8-2)5(6)7;/h4H,3H2,1-2H3,(H,6,7);1H4. The van der Waals surface area contributed by atoms with Gasteiger partial charge in [0, 0.05) is 7.11 Å². The highest BCUT2D eigenvalue weighted by Gasteiger charge is 2.11. The number of aliphatic carboxylic acids is 1. The highest BCUT2D eigenvalue weighted by atomic mass is 16.5. The smallest absolute Gasteiger partial charge is 0.332 e. The van der Waals surface area contributed by atoms with Crippen LogP contribution in [0.25, 0.3) is 0 Å². The molecule has 0 aromatic carbocycles. The lowest BCUT2D eigenvalue weighted by Crippen LogP contribution is -2.20. The van der Waals surface area contributed by atoms with E-state index in [9.17, 15) is 4.79 Å². The summed E-state index contributed by atoms with van der Waals surface area (Å²) in [6, 6.07) is 0. The summed E-state index contributed by atoms with van der Waals surface area (Å²) >= 11 is 0. The van der Waals surface area contributed by atoms with E-state index < -0.39 is 12.1 Å². The maximum absolute atomic E-state index is 10.0. The average Bonchev–Trinajstić information content (AvgIpc) is 1.69. The number of ether oxygens (including phenoxy) is 1. The van der Waals surface area contributed by atoms with Gasteiger partial charge in [-0.25, -0.2) is 4.79 Å². The van der Waals surface area contributed by atoms with Crippen molar-refractivity contribution < 1.29 is 14.6 Å². The van der Waals surface area contributed by atoms with Gasteiger partial charge >= 0.3 is 5.97 Å². The second-order valence-electron chi connectivity index (χ2n) is 1.47. The number of methoxy groups -OCH3 is 1. The first kappa shape index (κ1) is 11.3. The van der Waals surface area contributed by atoms with E-state index in [0.717, 1.165) is 0 Å². The van der Waals surface area contributed by atoms with E-state index in [0.29, 0.717) is 6.42 Å². The molecule has 0 spiro atoms. The Bertz CT molecular complexity index is 76.4.